The molecule has 0 aromatic heterocycles. The molecule has 0 saturated heterocycles. The second-order valence-electron chi connectivity index (χ2n) is 4.55. The van der Waals surface area contributed by atoms with Crippen molar-refractivity contribution in [3.8, 4) is 0 Å². The van der Waals surface area contributed by atoms with Gasteiger partial charge in [-0.3, -0.25) is 4.79 Å². The van der Waals surface area contributed by atoms with E-state index in [0.29, 0.717) is 18.8 Å². The van der Waals surface area contributed by atoms with Gasteiger partial charge in [-0.25, -0.2) is 8.42 Å². The summed E-state index contributed by atoms with van der Waals surface area (Å²) in [4.78, 5) is 11.7. The fourth-order valence-corrected chi connectivity index (χ4v) is 4.84. The molecule has 0 unspecified atom stereocenters. The Morgan fingerprint density at radius 3 is 2.57 bits per heavy atom. The third-order valence-corrected chi connectivity index (χ3v) is 5.16. The molecule has 5 heteroatoms. The molecule has 2 fully saturated rings. The first kappa shape index (κ1) is 10.4. The van der Waals surface area contributed by atoms with Gasteiger partial charge < -0.3 is 0 Å². The van der Waals surface area contributed by atoms with Crippen molar-refractivity contribution >= 4 is 25.5 Å². The summed E-state index contributed by atoms with van der Waals surface area (Å²) in [5.74, 6) is 0.507. The molecular formula is C9H13ClO3S. The highest BCUT2D eigenvalue weighted by molar-refractivity contribution is 8.13. The van der Waals surface area contributed by atoms with Gasteiger partial charge in [-0.05, 0) is 24.7 Å². The van der Waals surface area contributed by atoms with Gasteiger partial charge in [0.25, 0.3) is 0 Å². The van der Waals surface area contributed by atoms with Gasteiger partial charge >= 0.3 is 0 Å². The first-order valence-electron chi connectivity index (χ1n) is 4.81. The van der Waals surface area contributed by atoms with Crippen LogP contribution in [0.25, 0.3) is 0 Å². The minimum atomic E-state index is -3.57. The van der Waals surface area contributed by atoms with Gasteiger partial charge in [0.15, 0.2) is 0 Å². The van der Waals surface area contributed by atoms with Crippen molar-refractivity contribution in [3.63, 3.8) is 0 Å². The normalized spacial score (nSPS) is 42.0. The standard InChI is InChI=1S/C9H13ClO3S/c1-6-7-2-3-9(6,8(11)4-7)5-14(10,12)13/h6-7H,2-5H2,1H3/t6-,7-,9+/m1/s1. The van der Waals surface area contributed by atoms with E-state index < -0.39 is 14.5 Å². The van der Waals surface area contributed by atoms with Crippen LogP contribution in [0.2, 0.25) is 0 Å². The average molecular weight is 237 g/mol. The number of Topliss-reactive ketones (excluding diaryl/α,β-unsaturated/α-hetero) is 1. The topological polar surface area (TPSA) is 51.2 Å². The van der Waals surface area contributed by atoms with Crippen LogP contribution in [0.3, 0.4) is 0 Å². The maximum Gasteiger partial charge on any atom is 0.233 e. The minimum Gasteiger partial charge on any atom is -0.299 e. The van der Waals surface area contributed by atoms with Crippen molar-refractivity contribution in [2.75, 3.05) is 5.75 Å². The van der Waals surface area contributed by atoms with Gasteiger partial charge in [-0.2, -0.15) is 0 Å². The zero-order valence-corrected chi connectivity index (χ0v) is 9.57. The number of fused-ring (bicyclic) bond motifs is 2. The molecular weight excluding hydrogens is 224 g/mol. The number of carbonyl (C=O) groups excluding carboxylic acids is 1. The fraction of sp³-hybridized carbons (Fsp3) is 0.889. The molecule has 2 aliphatic carbocycles. The van der Waals surface area contributed by atoms with E-state index in [0.717, 1.165) is 6.42 Å². The molecule has 0 aliphatic heterocycles. The highest BCUT2D eigenvalue weighted by atomic mass is 35.7. The van der Waals surface area contributed by atoms with Crippen molar-refractivity contribution in [2.24, 2.45) is 17.3 Å². The Kier molecular flexibility index (Phi) is 2.20. The molecule has 2 saturated carbocycles. The molecule has 0 amide bonds. The zero-order valence-electron chi connectivity index (χ0n) is 7.99. The van der Waals surface area contributed by atoms with Crippen molar-refractivity contribution in [2.45, 2.75) is 26.2 Å². The van der Waals surface area contributed by atoms with Gasteiger partial charge in [0.2, 0.25) is 9.05 Å². The quantitative estimate of drug-likeness (QED) is 0.684. The third kappa shape index (κ3) is 1.39. The van der Waals surface area contributed by atoms with Crippen molar-refractivity contribution in [1.29, 1.82) is 0 Å². The average Bonchev–Trinajstić information content (AvgIpc) is 2.40. The predicted molar refractivity (Wildman–Crippen MR) is 53.6 cm³/mol. The Labute approximate surface area is 88.2 Å². The third-order valence-electron chi connectivity index (χ3n) is 3.97. The van der Waals surface area contributed by atoms with E-state index in [1.807, 2.05) is 6.92 Å². The molecule has 80 valence electrons. The van der Waals surface area contributed by atoms with E-state index in [2.05, 4.69) is 0 Å². The highest BCUT2D eigenvalue weighted by Gasteiger charge is 2.58. The van der Waals surface area contributed by atoms with Crippen LogP contribution in [0.1, 0.15) is 26.2 Å². The summed E-state index contributed by atoms with van der Waals surface area (Å²) in [5, 5.41) is 0. The summed E-state index contributed by atoms with van der Waals surface area (Å²) >= 11 is 0. The molecule has 14 heavy (non-hydrogen) atoms. The molecule has 0 spiro atoms. The lowest BCUT2D eigenvalue weighted by atomic mass is 9.81. The van der Waals surface area contributed by atoms with Crippen molar-refractivity contribution < 1.29 is 13.2 Å². The van der Waals surface area contributed by atoms with Crippen molar-refractivity contribution in [3.05, 3.63) is 0 Å². The van der Waals surface area contributed by atoms with Crippen LogP contribution in [-0.2, 0) is 13.8 Å². The van der Waals surface area contributed by atoms with Gasteiger partial charge in [-0.15, -0.1) is 0 Å². The summed E-state index contributed by atoms with van der Waals surface area (Å²) < 4.78 is 22.1. The molecule has 2 rings (SSSR count). The highest BCUT2D eigenvalue weighted by Crippen LogP contribution is 2.56. The van der Waals surface area contributed by atoms with Crippen LogP contribution < -0.4 is 0 Å². The Morgan fingerprint density at radius 2 is 2.21 bits per heavy atom. The van der Waals surface area contributed by atoms with E-state index in [1.165, 1.54) is 0 Å². The van der Waals surface area contributed by atoms with Crippen molar-refractivity contribution in [1.82, 2.24) is 0 Å². The first-order chi connectivity index (χ1) is 6.35. The lowest BCUT2D eigenvalue weighted by Crippen LogP contribution is -2.35. The Hall–Kier alpha value is -0.0900. The van der Waals surface area contributed by atoms with E-state index in [9.17, 15) is 13.2 Å². The summed E-state index contributed by atoms with van der Waals surface area (Å²) in [6.07, 6.45) is 2.22. The fourth-order valence-electron chi connectivity index (χ4n) is 3.08. The molecule has 0 radical (unpaired) electrons. The molecule has 3 nitrogen and oxygen atoms in total. The van der Waals surface area contributed by atoms with Crippen LogP contribution in [0, 0.1) is 17.3 Å². The Morgan fingerprint density at radius 1 is 1.57 bits per heavy atom. The minimum absolute atomic E-state index is 0.102. The summed E-state index contributed by atoms with van der Waals surface area (Å²) in [6.45, 7) is 1.98. The Bertz CT molecular complexity index is 376. The number of hydrogen-bond acceptors (Lipinski definition) is 3. The number of hydrogen-bond donors (Lipinski definition) is 0. The second kappa shape index (κ2) is 2.95. The predicted octanol–water partition coefficient (Wildman–Crippen LogP) is 1.56. The molecule has 2 aliphatic rings. The van der Waals surface area contributed by atoms with E-state index in [-0.39, 0.29) is 17.5 Å². The van der Waals surface area contributed by atoms with Gasteiger partial charge in [0, 0.05) is 22.5 Å². The summed E-state index contributed by atoms with van der Waals surface area (Å²) in [7, 11) is 1.68. The molecule has 0 heterocycles. The zero-order chi connectivity index (χ0) is 10.6. The van der Waals surface area contributed by atoms with E-state index >= 15 is 0 Å². The molecule has 0 N–H and O–H groups in total. The number of ketones is 1. The van der Waals surface area contributed by atoms with E-state index in [4.69, 9.17) is 10.7 Å². The number of rotatable bonds is 2. The largest absolute Gasteiger partial charge is 0.299 e. The van der Waals surface area contributed by atoms with Crippen LogP contribution in [0.15, 0.2) is 0 Å². The maximum atomic E-state index is 11.7. The van der Waals surface area contributed by atoms with Crippen LogP contribution in [-0.4, -0.2) is 20.0 Å². The second-order valence-corrected chi connectivity index (χ2v) is 7.33. The molecule has 3 atom stereocenters. The maximum absolute atomic E-state index is 11.7. The van der Waals surface area contributed by atoms with Crippen LogP contribution in [0.5, 0.6) is 0 Å². The lowest BCUT2D eigenvalue weighted by Gasteiger charge is -2.26. The first-order valence-corrected chi connectivity index (χ1v) is 7.29. The smallest absolute Gasteiger partial charge is 0.233 e. The Balaban J connectivity index is 2.34. The van der Waals surface area contributed by atoms with E-state index in [1.54, 1.807) is 0 Å². The lowest BCUT2D eigenvalue weighted by molar-refractivity contribution is -0.126. The summed E-state index contributed by atoms with van der Waals surface area (Å²) in [5.41, 5.74) is -0.648. The van der Waals surface area contributed by atoms with Gasteiger partial charge in [-0.1, -0.05) is 6.92 Å². The SMILES string of the molecule is C[C@@H]1[C@@H]2CC[C@@]1(CS(=O)(=O)Cl)C(=O)C2. The van der Waals surface area contributed by atoms with Crippen LogP contribution >= 0.6 is 10.7 Å². The number of halogens is 1. The van der Waals surface area contributed by atoms with Gasteiger partial charge in [0.1, 0.15) is 5.78 Å². The molecule has 2 bridgehead atoms. The molecule has 0 aromatic carbocycles. The van der Waals surface area contributed by atoms with Crippen LogP contribution in [0.4, 0.5) is 0 Å². The molecule has 0 aromatic rings. The monoisotopic (exact) mass is 236 g/mol. The van der Waals surface area contributed by atoms with Gasteiger partial charge in [0.05, 0.1) is 5.75 Å². The number of carbonyl (C=O) groups is 1. The summed E-state index contributed by atoms with van der Waals surface area (Å²) in [6, 6.07) is 0.